The number of ether oxygens (including phenoxy) is 1. The number of carbonyl (C=O) groups excluding carboxylic acids is 1. The second kappa shape index (κ2) is 5.93. The van der Waals surface area contributed by atoms with Crippen molar-refractivity contribution in [1.29, 1.82) is 0 Å². The zero-order valence-electron chi connectivity index (χ0n) is 13.1. The van der Waals surface area contributed by atoms with Crippen LogP contribution in [0.3, 0.4) is 0 Å². The lowest BCUT2D eigenvalue weighted by Gasteiger charge is -2.37. The van der Waals surface area contributed by atoms with E-state index in [-0.39, 0.29) is 17.9 Å². The minimum atomic E-state index is -0.526. The molecule has 0 saturated carbocycles. The van der Waals surface area contributed by atoms with Crippen molar-refractivity contribution >= 4 is 6.09 Å². The number of hydrogen-bond acceptors (Lipinski definition) is 4. The summed E-state index contributed by atoms with van der Waals surface area (Å²) in [4.78, 5) is 14.1. The number of amides is 1. The molecule has 5 nitrogen and oxygen atoms in total. The maximum atomic E-state index is 12.4. The number of hydrogen-bond donors (Lipinski definition) is 2. The van der Waals surface area contributed by atoms with E-state index in [1.54, 1.807) is 11.0 Å². The number of carbonyl (C=O) groups is 1. The van der Waals surface area contributed by atoms with Gasteiger partial charge in [-0.1, -0.05) is 12.1 Å². The van der Waals surface area contributed by atoms with Crippen LogP contribution in [0.5, 0.6) is 5.75 Å². The van der Waals surface area contributed by atoms with Crippen LogP contribution in [0.15, 0.2) is 18.2 Å². The lowest BCUT2D eigenvalue weighted by atomic mass is 10.0. The topological polar surface area (TPSA) is 61.8 Å². The Morgan fingerprint density at radius 3 is 2.76 bits per heavy atom. The number of phenols is 1. The average Bonchev–Trinajstić information content (AvgIpc) is 2.37. The van der Waals surface area contributed by atoms with Crippen molar-refractivity contribution in [2.24, 2.45) is 0 Å². The lowest BCUT2D eigenvalue weighted by molar-refractivity contribution is 0.0116. The molecule has 2 N–H and O–H groups in total. The van der Waals surface area contributed by atoms with Gasteiger partial charge in [0.2, 0.25) is 0 Å². The molecule has 0 aromatic heterocycles. The number of aryl methyl sites for hydroxylation is 1. The summed E-state index contributed by atoms with van der Waals surface area (Å²) in [5.74, 6) is 0.220. The molecule has 0 bridgehead atoms. The van der Waals surface area contributed by atoms with Gasteiger partial charge in [-0.05, 0) is 39.3 Å². The van der Waals surface area contributed by atoms with Crippen LogP contribution in [0.25, 0.3) is 0 Å². The highest BCUT2D eigenvalue weighted by atomic mass is 16.6. The van der Waals surface area contributed by atoms with Gasteiger partial charge in [-0.2, -0.15) is 0 Å². The molecule has 2 rings (SSSR count). The number of phenolic OH excluding ortho intramolecular Hbond substituents is 1. The van der Waals surface area contributed by atoms with Crippen molar-refractivity contribution in [1.82, 2.24) is 10.2 Å². The molecule has 1 fully saturated rings. The van der Waals surface area contributed by atoms with E-state index in [9.17, 15) is 9.90 Å². The molecule has 0 radical (unpaired) electrons. The Kier molecular flexibility index (Phi) is 4.42. The molecular weight excluding hydrogens is 268 g/mol. The maximum Gasteiger partial charge on any atom is 0.410 e. The van der Waals surface area contributed by atoms with Gasteiger partial charge in [-0.15, -0.1) is 0 Å². The van der Waals surface area contributed by atoms with Crippen LogP contribution in [0, 0.1) is 6.92 Å². The van der Waals surface area contributed by atoms with Crippen LogP contribution in [0.1, 0.15) is 37.9 Å². The van der Waals surface area contributed by atoms with Crippen LogP contribution >= 0.6 is 0 Å². The fourth-order valence-corrected chi connectivity index (χ4v) is 2.46. The molecule has 1 aromatic rings. The Balaban J connectivity index is 2.24. The Bertz CT molecular complexity index is 523. The fourth-order valence-electron chi connectivity index (χ4n) is 2.46. The molecule has 1 heterocycles. The van der Waals surface area contributed by atoms with Crippen molar-refractivity contribution in [3.05, 3.63) is 29.3 Å². The van der Waals surface area contributed by atoms with Gasteiger partial charge in [0, 0.05) is 25.2 Å². The molecule has 1 saturated heterocycles. The van der Waals surface area contributed by atoms with Gasteiger partial charge in [0.25, 0.3) is 0 Å². The van der Waals surface area contributed by atoms with Gasteiger partial charge in [0.1, 0.15) is 11.4 Å². The molecule has 116 valence electrons. The first-order chi connectivity index (χ1) is 9.78. The quantitative estimate of drug-likeness (QED) is 0.835. The minimum absolute atomic E-state index is 0.214. The third kappa shape index (κ3) is 3.88. The van der Waals surface area contributed by atoms with E-state index in [1.165, 1.54) is 0 Å². The molecule has 5 heteroatoms. The second-order valence-corrected chi connectivity index (χ2v) is 6.46. The molecule has 21 heavy (non-hydrogen) atoms. The summed E-state index contributed by atoms with van der Waals surface area (Å²) in [7, 11) is 0. The van der Waals surface area contributed by atoms with Crippen molar-refractivity contribution in [2.45, 2.75) is 39.3 Å². The predicted octanol–water partition coefficient (Wildman–Crippen LogP) is 2.58. The molecular formula is C16H24N2O3. The van der Waals surface area contributed by atoms with Crippen LogP contribution in [0.4, 0.5) is 4.79 Å². The number of aromatic hydroxyl groups is 1. The van der Waals surface area contributed by atoms with E-state index in [2.05, 4.69) is 5.32 Å². The Labute approximate surface area is 125 Å². The van der Waals surface area contributed by atoms with E-state index in [0.29, 0.717) is 13.1 Å². The number of nitrogens with one attached hydrogen (secondary N) is 1. The summed E-state index contributed by atoms with van der Waals surface area (Å²) in [5, 5.41) is 13.4. The van der Waals surface area contributed by atoms with Gasteiger partial charge in [-0.3, -0.25) is 4.90 Å². The van der Waals surface area contributed by atoms with Crippen LogP contribution in [-0.2, 0) is 4.74 Å². The molecule has 1 aliphatic rings. The van der Waals surface area contributed by atoms with Crippen molar-refractivity contribution in [2.75, 3.05) is 19.6 Å². The Hall–Kier alpha value is -1.75. The highest BCUT2D eigenvalue weighted by Crippen LogP contribution is 2.31. The van der Waals surface area contributed by atoms with Gasteiger partial charge in [0.05, 0.1) is 6.04 Å². The van der Waals surface area contributed by atoms with Gasteiger partial charge < -0.3 is 15.2 Å². The third-order valence-corrected chi connectivity index (χ3v) is 3.42. The smallest absolute Gasteiger partial charge is 0.410 e. The van der Waals surface area contributed by atoms with Gasteiger partial charge in [0.15, 0.2) is 0 Å². The Morgan fingerprint density at radius 1 is 1.43 bits per heavy atom. The van der Waals surface area contributed by atoms with E-state index in [0.717, 1.165) is 17.7 Å². The minimum Gasteiger partial charge on any atom is -0.508 e. The van der Waals surface area contributed by atoms with Crippen molar-refractivity contribution < 1.29 is 14.6 Å². The molecule has 0 spiro atoms. The fraction of sp³-hybridized carbons (Fsp3) is 0.562. The second-order valence-electron chi connectivity index (χ2n) is 6.46. The summed E-state index contributed by atoms with van der Waals surface area (Å²) in [6.07, 6.45) is -0.339. The largest absolute Gasteiger partial charge is 0.508 e. The van der Waals surface area contributed by atoms with Gasteiger partial charge in [-0.25, -0.2) is 4.79 Å². The molecule has 0 aliphatic carbocycles. The van der Waals surface area contributed by atoms with Crippen LogP contribution < -0.4 is 5.32 Å². The average molecular weight is 292 g/mol. The predicted molar refractivity (Wildman–Crippen MR) is 81.4 cm³/mol. The van der Waals surface area contributed by atoms with Crippen molar-refractivity contribution in [3.8, 4) is 5.75 Å². The first kappa shape index (κ1) is 15.6. The molecule has 1 aromatic carbocycles. The number of rotatable bonds is 1. The van der Waals surface area contributed by atoms with E-state index < -0.39 is 5.60 Å². The normalized spacial score (nSPS) is 19.4. The monoisotopic (exact) mass is 292 g/mol. The van der Waals surface area contributed by atoms with Crippen LogP contribution in [0.2, 0.25) is 0 Å². The zero-order valence-corrected chi connectivity index (χ0v) is 13.1. The van der Waals surface area contributed by atoms with E-state index >= 15 is 0 Å². The highest BCUT2D eigenvalue weighted by Gasteiger charge is 2.32. The number of benzene rings is 1. The summed E-state index contributed by atoms with van der Waals surface area (Å²) in [6.45, 7) is 9.38. The summed E-state index contributed by atoms with van der Waals surface area (Å²) in [5.41, 5.74) is 1.21. The SMILES string of the molecule is Cc1ccc(C2CNCCN2C(=O)OC(C)(C)C)c(O)c1. The van der Waals surface area contributed by atoms with Crippen LogP contribution in [-0.4, -0.2) is 41.3 Å². The van der Waals surface area contributed by atoms with E-state index in [4.69, 9.17) is 4.74 Å². The third-order valence-electron chi connectivity index (χ3n) is 3.42. The lowest BCUT2D eigenvalue weighted by Crippen LogP contribution is -2.50. The maximum absolute atomic E-state index is 12.4. The van der Waals surface area contributed by atoms with Crippen molar-refractivity contribution in [3.63, 3.8) is 0 Å². The highest BCUT2D eigenvalue weighted by molar-refractivity contribution is 5.69. The molecule has 1 aliphatic heterocycles. The first-order valence-corrected chi connectivity index (χ1v) is 7.28. The molecule has 1 atom stereocenters. The summed E-state index contributed by atoms with van der Waals surface area (Å²) >= 11 is 0. The standard InChI is InChI=1S/C16H24N2O3/c1-11-5-6-12(14(19)9-11)13-10-17-7-8-18(13)15(20)21-16(2,3)4/h5-6,9,13,17,19H,7-8,10H2,1-4H3. The first-order valence-electron chi connectivity index (χ1n) is 7.28. The molecule has 1 amide bonds. The summed E-state index contributed by atoms with van der Waals surface area (Å²) < 4.78 is 5.47. The summed E-state index contributed by atoms with van der Waals surface area (Å²) in [6, 6.07) is 5.32. The molecule has 1 unspecified atom stereocenters. The Morgan fingerprint density at radius 2 is 2.14 bits per heavy atom. The van der Waals surface area contributed by atoms with E-state index in [1.807, 2.05) is 39.8 Å². The zero-order chi connectivity index (χ0) is 15.6. The van der Waals surface area contributed by atoms with Gasteiger partial charge >= 0.3 is 6.09 Å². The number of piperazine rings is 1. The number of nitrogens with zero attached hydrogens (tertiary/aromatic N) is 1.